The van der Waals surface area contributed by atoms with E-state index in [4.69, 9.17) is 4.74 Å². The number of halogens is 1. The topological polar surface area (TPSA) is 48.3 Å². The molecule has 0 spiro atoms. The minimum Gasteiger partial charge on any atom is -0.457 e. The first-order chi connectivity index (χ1) is 11.5. The number of aryl methyl sites for hydroxylation is 1. The quantitative estimate of drug-likeness (QED) is 0.620. The second-order valence-electron chi connectivity index (χ2n) is 6.26. The van der Waals surface area contributed by atoms with Crippen molar-refractivity contribution in [1.82, 2.24) is 4.57 Å². The van der Waals surface area contributed by atoms with Gasteiger partial charge in [-0.3, -0.25) is 9.59 Å². The zero-order valence-electron chi connectivity index (χ0n) is 13.8. The fourth-order valence-corrected chi connectivity index (χ4v) is 3.01. The number of carbonyl (C=O) groups is 2. The first-order valence-corrected chi connectivity index (χ1v) is 8.12. The van der Waals surface area contributed by atoms with Crippen LogP contribution in [0, 0.1) is 25.6 Å². The van der Waals surface area contributed by atoms with Gasteiger partial charge in [0.2, 0.25) is 5.78 Å². The predicted molar refractivity (Wildman–Crippen MR) is 87.8 cm³/mol. The number of aromatic nitrogens is 1. The number of hydrogen-bond donors (Lipinski definition) is 0. The van der Waals surface area contributed by atoms with Gasteiger partial charge in [0.1, 0.15) is 5.82 Å². The first kappa shape index (κ1) is 16.4. The van der Waals surface area contributed by atoms with Crippen molar-refractivity contribution >= 4 is 11.8 Å². The first-order valence-electron chi connectivity index (χ1n) is 8.12. The lowest BCUT2D eigenvalue weighted by Crippen LogP contribution is -2.26. The minimum atomic E-state index is -0.305. The number of rotatable bonds is 5. The molecule has 5 heteroatoms. The van der Waals surface area contributed by atoms with Gasteiger partial charge in [0.05, 0.1) is 5.92 Å². The maximum Gasteiger partial charge on any atom is 0.309 e. The van der Waals surface area contributed by atoms with Gasteiger partial charge >= 0.3 is 5.97 Å². The minimum absolute atomic E-state index is 0.0375. The molecule has 0 aliphatic heterocycles. The van der Waals surface area contributed by atoms with Crippen LogP contribution in [0.4, 0.5) is 4.39 Å². The summed E-state index contributed by atoms with van der Waals surface area (Å²) in [5.74, 6) is -0.837. The Labute approximate surface area is 140 Å². The van der Waals surface area contributed by atoms with Gasteiger partial charge in [-0.2, -0.15) is 0 Å². The summed E-state index contributed by atoms with van der Waals surface area (Å²) in [6.45, 7) is 3.48. The van der Waals surface area contributed by atoms with E-state index in [2.05, 4.69) is 0 Å². The van der Waals surface area contributed by atoms with Crippen LogP contribution in [0.1, 0.15) is 41.0 Å². The van der Waals surface area contributed by atoms with Crippen molar-refractivity contribution < 1.29 is 18.7 Å². The van der Waals surface area contributed by atoms with E-state index in [0.717, 1.165) is 36.3 Å². The fourth-order valence-electron chi connectivity index (χ4n) is 3.01. The molecule has 1 fully saturated rings. The van der Waals surface area contributed by atoms with Crippen LogP contribution < -0.4 is 0 Å². The molecule has 1 saturated carbocycles. The molecule has 0 N–H and O–H groups in total. The van der Waals surface area contributed by atoms with E-state index >= 15 is 0 Å². The maximum absolute atomic E-state index is 13.1. The number of nitrogens with zero attached hydrogens (tertiary/aromatic N) is 1. The molecule has 1 heterocycles. The highest BCUT2D eigenvalue weighted by molar-refractivity contribution is 5.99. The lowest BCUT2D eigenvalue weighted by molar-refractivity contribution is -0.150. The Morgan fingerprint density at radius 2 is 1.88 bits per heavy atom. The normalized spacial score (nSPS) is 14.3. The van der Waals surface area contributed by atoms with E-state index in [1.54, 1.807) is 18.2 Å². The van der Waals surface area contributed by atoms with Gasteiger partial charge in [-0.15, -0.1) is 0 Å². The van der Waals surface area contributed by atoms with E-state index in [-0.39, 0.29) is 30.1 Å². The summed E-state index contributed by atoms with van der Waals surface area (Å²) in [5.41, 5.74) is 2.94. The molecule has 0 amide bonds. The number of Topliss-reactive ketones (excluding diaryl/α,β-unsaturated/α-hetero) is 1. The monoisotopic (exact) mass is 329 g/mol. The average Bonchev–Trinajstić information content (AvgIpc) is 2.79. The van der Waals surface area contributed by atoms with E-state index < -0.39 is 0 Å². The summed E-state index contributed by atoms with van der Waals surface area (Å²) in [7, 11) is 0. The van der Waals surface area contributed by atoms with Crippen LogP contribution in [0.2, 0.25) is 0 Å². The van der Waals surface area contributed by atoms with Crippen LogP contribution in [-0.2, 0) is 9.53 Å². The van der Waals surface area contributed by atoms with E-state index in [9.17, 15) is 14.0 Å². The van der Waals surface area contributed by atoms with Crippen molar-refractivity contribution in [2.24, 2.45) is 5.92 Å². The summed E-state index contributed by atoms with van der Waals surface area (Å²) < 4.78 is 20.1. The van der Waals surface area contributed by atoms with Crippen molar-refractivity contribution in [3.05, 3.63) is 53.1 Å². The smallest absolute Gasteiger partial charge is 0.309 e. The number of benzene rings is 1. The average molecular weight is 329 g/mol. The Balaban J connectivity index is 1.76. The van der Waals surface area contributed by atoms with E-state index in [1.165, 1.54) is 12.1 Å². The van der Waals surface area contributed by atoms with Crippen LogP contribution in [0.3, 0.4) is 0 Å². The molecule has 1 aliphatic rings. The third kappa shape index (κ3) is 3.11. The number of carbonyl (C=O) groups excluding carboxylic acids is 2. The maximum atomic E-state index is 13.1. The van der Waals surface area contributed by atoms with Crippen LogP contribution in [0.15, 0.2) is 30.3 Å². The Kier molecular flexibility index (Phi) is 4.51. The number of ketones is 1. The largest absolute Gasteiger partial charge is 0.457 e. The molecule has 0 bridgehead atoms. The van der Waals surface area contributed by atoms with Gasteiger partial charge < -0.3 is 9.30 Å². The van der Waals surface area contributed by atoms with Gasteiger partial charge in [-0.1, -0.05) is 6.42 Å². The van der Waals surface area contributed by atoms with Gasteiger partial charge in [-0.25, -0.2) is 4.39 Å². The summed E-state index contributed by atoms with van der Waals surface area (Å²) in [5, 5.41) is 0. The lowest BCUT2D eigenvalue weighted by Gasteiger charge is -2.22. The Hall–Kier alpha value is -2.43. The van der Waals surface area contributed by atoms with E-state index in [0.29, 0.717) is 5.56 Å². The van der Waals surface area contributed by atoms with Gasteiger partial charge in [0.15, 0.2) is 6.61 Å². The lowest BCUT2D eigenvalue weighted by atomic mass is 9.86. The van der Waals surface area contributed by atoms with Crippen LogP contribution >= 0.6 is 0 Å². The predicted octanol–water partition coefficient (Wildman–Crippen LogP) is 3.76. The second-order valence-corrected chi connectivity index (χ2v) is 6.26. The van der Waals surface area contributed by atoms with Crippen LogP contribution in [-0.4, -0.2) is 22.9 Å². The second kappa shape index (κ2) is 6.59. The van der Waals surface area contributed by atoms with E-state index in [1.807, 2.05) is 18.4 Å². The van der Waals surface area contributed by atoms with Gasteiger partial charge in [-0.05, 0) is 57.0 Å². The summed E-state index contributed by atoms with van der Waals surface area (Å²) in [4.78, 5) is 24.2. The number of ether oxygens (including phenoxy) is 1. The number of hydrogen-bond acceptors (Lipinski definition) is 3. The molecule has 4 nitrogen and oxygen atoms in total. The SMILES string of the molecule is Cc1cc(C(=O)COC(=O)C2CCC2)c(C)n1-c1ccc(F)cc1. The molecule has 1 aromatic heterocycles. The standard InChI is InChI=1S/C19H20FNO3/c1-12-10-17(18(22)11-24-19(23)14-4-3-5-14)13(2)21(12)16-8-6-15(20)7-9-16/h6-10,14H,3-5,11H2,1-2H3. The van der Waals surface area contributed by atoms with Gasteiger partial charge in [0, 0.05) is 22.6 Å². The molecule has 3 rings (SSSR count). The molecule has 126 valence electrons. The summed E-state index contributed by atoms with van der Waals surface area (Å²) >= 11 is 0. The van der Waals surface area contributed by atoms with Gasteiger partial charge in [0.25, 0.3) is 0 Å². The van der Waals surface area contributed by atoms with Crippen molar-refractivity contribution in [2.75, 3.05) is 6.61 Å². The van der Waals surface area contributed by atoms with Crippen molar-refractivity contribution in [2.45, 2.75) is 33.1 Å². The third-order valence-corrected chi connectivity index (χ3v) is 4.60. The number of esters is 1. The molecular formula is C19H20FNO3. The zero-order chi connectivity index (χ0) is 17.3. The molecule has 1 aliphatic carbocycles. The fraction of sp³-hybridized carbons (Fsp3) is 0.368. The van der Waals surface area contributed by atoms with Crippen molar-refractivity contribution in [3.63, 3.8) is 0 Å². The molecule has 2 aromatic rings. The Bertz CT molecular complexity index is 773. The Morgan fingerprint density at radius 3 is 2.46 bits per heavy atom. The highest BCUT2D eigenvalue weighted by Crippen LogP contribution is 2.27. The molecule has 0 radical (unpaired) electrons. The molecule has 1 aromatic carbocycles. The zero-order valence-corrected chi connectivity index (χ0v) is 13.8. The summed E-state index contributed by atoms with van der Waals surface area (Å²) in [6.07, 6.45) is 2.75. The molecule has 24 heavy (non-hydrogen) atoms. The summed E-state index contributed by atoms with van der Waals surface area (Å²) in [6, 6.07) is 7.88. The molecule has 0 atom stereocenters. The Morgan fingerprint density at radius 1 is 1.21 bits per heavy atom. The molecule has 0 unspecified atom stereocenters. The van der Waals surface area contributed by atoms with Crippen LogP contribution in [0.5, 0.6) is 0 Å². The highest BCUT2D eigenvalue weighted by atomic mass is 19.1. The molecule has 0 saturated heterocycles. The molecular weight excluding hydrogens is 309 g/mol. The van der Waals surface area contributed by atoms with Crippen LogP contribution in [0.25, 0.3) is 5.69 Å². The highest BCUT2D eigenvalue weighted by Gasteiger charge is 2.27. The van der Waals surface area contributed by atoms with Crippen molar-refractivity contribution in [3.8, 4) is 5.69 Å². The third-order valence-electron chi connectivity index (χ3n) is 4.60. The van der Waals surface area contributed by atoms with Crippen molar-refractivity contribution in [1.29, 1.82) is 0 Å².